The zero-order valence-corrected chi connectivity index (χ0v) is 12.6. The second-order valence-electron chi connectivity index (χ2n) is 5.33. The number of nitrogens with one attached hydrogen (secondary N) is 2. The van der Waals surface area contributed by atoms with Crippen molar-refractivity contribution in [1.82, 2.24) is 10.0 Å². The average molecular weight is 313 g/mol. The van der Waals surface area contributed by atoms with Crippen LogP contribution in [0.3, 0.4) is 0 Å². The fourth-order valence-corrected chi connectivity index (χ4v) is 3.51. The minimum Gasteiger partial charge on any atom is -0.316 e. The smallest absolute Gasteiger partial charge is 0.269 e. The number of non-ortho nitro benzene ring substituents is 1. The Kier molecular flexibility index (Phi) is 4.92. The lowest BCUT2D eigenvalue weighted by molar-refractivity contribution is -0.384. The van der Waals surface area contributed by atoms with E-state index in [4.69, 9.17) is 0 Å². The van der Waals surface area contributed by atoms with Crippen molar-refractivity contribution in [3.05, 3.63) is 34.4 Å². The number of nitrogens with zero attached hydrogens (tertiary/aromatic N) is 1. The minimum atomic E-state index is -3.60. The van der Waals surface area contributed by atoms with Crippen molar-refractivity contribution in [3.63, 3.8) is 0 Å². The minimum absolute atomic E-state index is 0.0469. The zero-order chi connectivity index (χ0) is 15.5. The van der Waals surface area contributed by atoms with Crippen molar-refractivity contribution in [2.24, 2.45) is 11.8 Å². The van der Waals surface area contributed by atoms with Gasteiger partial charge in [0.1, 0.15) is 0 Å². The molecule has 1 heterocycles. The molecule has 7 nitrogen and oxygen atoms in total. The van der Waals surface area contributed by atoms with Gasteiger partial charge in [-0.25, -0.2) is 13.1 Å². The molecule has 0 amide bonds. The monoisotopic (exact) mass is 313 g/mol. The summed E-state index contributed by atoms with van der Waals surface area (Å²) in [6.45, 7) is 4.41. The van der Waals surface area contributed by atoms with Crippen LogP contribution in [0.1, 0.15) is 13.3 Å². The Morgan fingerprint density at radius 1 is 1.33 bits per heavy atom. The van der Waals surface area contributed by atoms with Crippen LogP contribution in [0.5, 0.6) is 0 Å². The lowest BCUT2D eigenvalue weighted by Gasteiger charge is -2.14. The van der Waals surface area contributed by atoms with E-state index in [0.29, 0.717) is 18.4 Å². The summed E-state index contributed by atoms with van der Waals surface area (Å²) in [7, 11) is -3.60. The summed E-state index contributed by atoms with van der Waals surface area (Å²) < 4.78 is 26.7. The summed E-state index contributed by atoms with van der Waals surface area (Å²) >= 11 is 0. The van der Waals surface area contributed by atoms with Crippen LogP contribution in [-0.4, -0.2) is 33.0 Å². The number of nitro benzene ring substituents is 1. The number of benzene rings is 1. The van der Waals surface area contributed by atoms with E-state index in [0.717, 1.165) is 19.5 Å². The standard InChI is InChI=1S/C13H19N3O4S/c1-10-8-14-9-11(10)6-7-15-21(19,20)13-4-2-12(3-5-13)16(17)18/h2-5,10-11,14-15H,6-9H2,1H3/t10-,11-/m1/s1. The van der Waals surface area contributed by atoms with Gasteiger partial charge in [0.25, 0.3) is 5.69 Å². The van der Waals surface area contributed by atoms with E-state index < -0.39 is 14.9 Å². The van der Waals surface area contributed by atoms with Gasteiger partial charge in [-0.3, -0.25) is 10.1 Å². The molecule has 0 aliphatic carbocycles. The maximum Gasteiger partial charge on any atom is 0.269 e. The molecule has 1 aromatic rings. The average Bonchev–Trinajstić information content (AvgIpc) is 2.84. The molecular weight excluding hydrogens is 294 g/mol. The van der Waals surface area contributed by atoms with Gasteiger partial charge in [-0.1, -0.05) is 6.92 Å². The van der Waals surface area contributed by atoms with Crippen molar-refractivity contribution in [2.45, 2.75) is 18.2 Å². The molecule has 0 unspecified atom stereocenters. The zero-order valence-electron chi connectivity index (χ0n) is 11.8. The van der Waals surface area contributed by atoms with Crippen molar-refractivity contribution < 1.29 is 13.3 Å². The molecule has 0 aromatic heterocycles. The third-order valence-corrected chi connectivity index (χ3v) is 5.32. The first-order valence-electron chi connectivity index (χ1n) is 6.85. The molecule has 1 aliphatic rings. The van der Waals surface area contributed by atoms with Gasteiger partial charge >= 0.3 is 0 Å². The molecule has 0 radical (unpaired) electrons. The van der Waals surface area contributed by atoms with E-state index in [9.17, 15) is 18.5 Å². The van der Waals surface area contributed by atoms with E-state index >= 15 is 0 Å². The lowest BCUT2D eigenvalue weighted by Crippen LogP contribution is -2.27. The number of rotatable bonds is 6. The van der Waals surface area contributed by atoms with Crippen LogP contribution in [0.2, 0.25) is 0 Å². The van der Waals surface area contributed by atoms with Crippen molar-refractivity contribution >= 4 is 15.7 Å². The highest BCUT2D eigenvalue weighted by Gasteiger charge is 2.23. The van der Waals surface area contributed by atoms with Gasteiger partial charge in [0.15, 0.2) is 0 Å². The SMILES string of the molecule is C[C@@H]1CNC[C@H]1CCNS(=O)(=O)c1ccc([N+](=O)[O-])cc1. The van der Waals surface area contributed by atoms with Crippen LogP contribution >= 0.6 is 0 Å². The van der Waals surface area contributed by atoms with Crippen LogP contribution in [0.25, 0.3) is 0 Å². The fourth-order valence-electron chi connectivity index (χ4n) is 2.46. The number of hydrogen-bond donors (Lipinski definition) is 2. The normalized spacial score (nSPS) is 22.3. The van der Waals surface area contributed by atoms with Crippen LogP contribution in [0, 0.1) is 22.0 Å². The summed E-state index contributed by atoms with van der Waals surface area (Å²) in [4.78, 5) is 10.0. The Morgan fingerprint density at radius 2 is 2.00 bits per heavy atom. The van der Waals surface area contributed by atoms with Gasteiger partial charge in [0.2, 0.25) is 10.0 Å². The molecule has 1 fully saturated rings. The molecular formula is C13H19N3O4S. The Balaban J connectivity index is 1.93. The Bertz CT molecular complexity index is 600. The highest BCUT2D eigenvalue weighted by Crippen LogP contribution is 2.19. The summed E-state index contributed by atoms with van der Waals surface area (Å²) in [6.07, 6.45) is 0.778. The highest BCUT2D eigenvalue weighted by molar-refractivity contribution is 7.89. The first-order valence-corrected chi connectivity index (χ1v) is 8.33. The lowest BCUT2D eigenvalue weighted by atomic mass is 9.95. The molecule has 0 bridgehead atoms. The van der Waals surface area contributed by atoms with Crippen molar-refractivity contribution in [2.75, 3.05) is 19.6 Å². The number of nitro groups is 1. The van der Waals surface area contributed by atoms with Gasteiger partial charge in [0.05, 0.1) is 9.82 Å². The first kappa shape index (κ1) is 15.9. The highest BCUT2D eigenvalue weighted by atomic mass is 32.2. The quantitative estimate of drug-likeness (QED) is 0.605. The van der Waals surface area contributed by atoms with E-state index in [-0.39, 0.29) is 10.6 Å². The molecule has 21 heavy (non-hydrogen) atoms. The van der Waals surface area contributed by atoms with Gasteiger partial charge in [0, 0.05) is 18.7 Å². The first-order chi connectivity index (χ1) is 9.90. The largest absolute Gasteiger partial charge is 0.316 e. The molecule has 0 saturated carbocycles. The Morgan fingerprint density at radius 3 is 2.52 bits per heavy atom. The van der Waals surface area contributed by atoms with E-state index in [1.807, 2.05) is 0 Å². The van der Waals surface area contributed by atoms with Gasteiger partial charge in [-0.15, -0.1) is 0 Å². The van der Waals surface area contributed by atoms with Crippen LogP contribution in [0.4, 0.5) is 5.69 Å². The molecule has 2 rings (SSSR count). The molecule has 2 N–H and O–H groups in total. The number of sulfonamides is 1. The van der Waals surface area contributed by atoms with E-state index in [2.05, 4.69) is 17.0 Å². The molecule has 116 valence electrons. The summed E-state index contributed by atoms with van der Waals surface area (Å²) in [5, 5.41) is 13.8. The van der Waals surface area contributed by atoms with Crippen molar-refractivity contribution in [3.8, 4) is 0 Å². The maximum atomic E-state index is 12.1. The molecule has 0 spiro atoms. The third-order valence-electron chi connectivity index (χ3n) is 3.84. The molecule has 1 saturated heterocycles. The molecule has 1 aliphatic heterocycles. The molecule has 1 aromatic carbocycles. The number of hydrogen-bond acceptors (Lipinski definition) is 5. The predicted molar refractivity (Wildman–Crippen MR) is 78.4 cm³/mol. The molecule has 2 atom stereocenters. The summed E-state index contributed by atoms with van der Waals surface area (Å²) in [5.74, 6) is 1.03. The summed E-state index contributed by atoms with van der Waals surface area (Å²) in [5.41, 5.74) is -0.125. The van der Waals surface area contributed by atoms with E-state index in [1.54, 1.807) is 0 Å². The maximum absolute atomic E-state index is 12.1. The van der Waals surface area contributed by atoms with Crippen LogP contribution < -0.4 is 10.0 Å². The predicted octanol–water partition coefficient (Wildman–Crippen LogP) is 1.12. The van der Waals surface area contributed by atoms with Gasteiger partial charge in [-0.05, 0) is 43.5 Å². The topological polar surface area (TPSA) is 101 Å². The van der Waals surface area contributed by atoms with Gasteiger partial charge < -0.3 is 5.32 Å². The van der Waals surface area contributed by atoms with Crippen LogP contribution in [-0.2, 0) is 10.0 Å². The second kappa shape index (κ2) is 6.50. The summed E-state index contributed by atoms with van der Waals surface area (Å²) in [6, 6.07) is 4.88. The Hall–Kier alpha value is -1.51. The van der Waals surface area contributed by atoms with E-state index in [1.165, 1.54) is 24.3 Å². The van der Waals surface area contributed by atoms with Crippen molar-refractivity contribution in [1.29, 1.82) is 0 Å². The third kappa shape index (κ3) is 3.99. The second-order valence-corrected chi connectivity index (χ2v) is 7.10. The molecule has 8 heteroatoms. The van der Waals surface area contributed by atoms with Gasteiger partial charge in [-0.2, -0.15) is 0 Å². The van der Waals surface area contributed by atoms with Crippen LogP contribution in [0.15, 0.2) is 29.2 Å². The Labute approximate surface area is 123 Å². The fraction of sp³-hybridized carbons (Fsp3) is 0.538.